The van der Waals surface area contributed by atoms with Crippen molar-refractivity contribution in [2.45, 2.75) is 25.6 Å². The molecule has 15 heavy (non-hydrogen) atoms. The fourth-order valence-electron chi connectivity index (χ4n) is 0.567. The van der Waals surface area contributed by atoms with Gasteiger partial charge in [-0.25, -0.2) is 4.79 Å². The lowest BCUT2D eigenvalue weighted by molar-refractivity contribution is -0.133. The number of rotatable bonds is 4. The van der Waals surface area contributed by atoms with Crippen LogP contribution in [-0.4, -0.2) is 30.8 Å². The van der Waals surface area contributed by atoms with Crippen molar-refractivity contribution in [1.29, 1.82) is 0 Å². The Hall–Kier alpha value is -1.47. The lowest BCUT2D eigenvalue weighted by Gasteiger charge is -2.11. The highest BCUT2D eigenvalue weighted by molar-refractivity contribution is 5.81. The van der Waals surface area contributed by atoms with Crippen LogP contribution >= 0.6 is 0 Å². The van der Waals surface area contributed by atoms with Crippen molar-refractivity contribution in [2.24, 2.45) is 5.73 Å². The van der Waals surface area contributed by atoms with E-state index in [1.54, 1.807) is 0 Å². The maximum Gasteiger partial charge on any atom is 0.407 e. The first-order chi connectivity index (χ1) is 6.72. The zero-order chi connectivity index (χ0) is 12.1. The molecule has 8 heteroatoms. The topological polar surface area (TPSA) is 81.4 Å². The van der Waals surface area contributed by atoms with Crippen molar-refractivity contribution in [1.82, 2.24) is 5.32 Å². The fourth-order valence-corrected chi connectivity index (χ4v) is 0.567. The standard InChI is InChI=1S/C7H11F3N2O3/c1-4(5(11)13)15-6(14)12-3-2-7(8,9)10/h4H,2-3H2,1H3,(H2,11,13)(H,12,14)/t4-/m0/s1. The van der Waals surface area contributed by atoms with Crippen molar-refractivity contribution in [2.75, 3.05) is 6.54 Å². The van der Waals surface area contributed by atoms with Crippen molar-refractivity contribution < 1.29 is 27.5 Å². The minimum atomic E-state index is -4.34. The molecule has 0 aromatic rings. The molecule has 2 amide bonds. The zero-order valence-electron chi connectivity index (χ0n) is 7.93. The summed E-state index contributed by atoms with van der Waals surface area (Å²) in [5, 5.41) is 1.84. The number of alkyl carbamates (subject to hydrolysis) is 1. The average molecular weight is 228 g/mol. The van der Waals surface area contributed by atoms with Crippen LogP contribution in [0.15, 0.2) is 0 Å². The lowest BCUT2D eigenvalue weighted by Crippen LogP contribution is -2.36. The van der Waals surface area contributed by atoms with Gasteiger partial charge in [0.15, 0.2) is 6.10 Å². The Morgan fingerprint density at radius 2 is 2.00 bits per heavy atom. The first-order valence-corrected chi connectivity index (χ1v) is 4.03. The van der Waals surface area contributed by atoms with Crippen molar-refractivity contribution in [3.63, 3.8) is 0 Å². The van der Waals surface area contributed by atoms with Gasteiger partial charge in [0.2, 0.25) is 0 Å². The van der Waals surface area contributed by atoms with Crippen LogP contribution in [0.2, 0.25) is 0 Å². The smallest absolute Gasteiger partial charge is 0.407 e. The summed E-state index contributed by atoms with van der Waals surface area (Å²) in [4.78, 5) is 21.1. The van der Waals surface area contributed by atoms with Gasteiger partial charge in [-0.2, -0.15) is 13.2 Å². The van der Waals surface area contributed by atoms with Crippen molar-refractivity contribution in [3.05, 3.63) is 0 Å². The molecule has 0 fully saturated rings. The number of primary amides is 1. The van der Waals surface area contributed by atoms with Gasteiger partial charge < -0.3 is 15.8 Å². The second-order valence-electron chi connectivity index (χ2n) is 2.74. The molecule has 0 heterocycles. The number of ether oxygens (including phenoxy) is 1. The van der Waals surface area contributed by atoms with Crippen LogP contribution in [0, 0.1) is 0 Å². The summed E-state index contributed by atoms with van der Waals surface area (Å²) in [6.45, 7) is 0.611. The number of carbonyl (C=O) groups excluding carboxylic acids is 2. The van der Waals surface area contributed by atoms with E-state index in [9.17, 15) is 22.8 Å². The maximum atomic E-state index is 11.6. The van der Waals surface area contributed by atoms with Crippen LogP contribution < -0.4 is 11.1 Å². The summed E-state index contributed by atoms with van der Waals surface area (Å²) in [6, 6.07) is 0. The van der Waals surface area contributed by atoms with Gasteiger partial charge in [0.05, 0.1) is 6.42 Å². The van der Waals surface area contributed by atoms with E-state index in [2.05, 4.69) is 4.74 Å². The van der Waals surface area contributed by atoms with Gasteiger partial charge in [-0.05, 0) is 6.92 Å². The molecule has 0 rings (SSSR count). The van der Waals surface area contributed by atoms with E-state index in [4.69, 9.17) is 5.73 Å². The third kappa shape index (κ3) is 7.59. The number of nitrogens with two attached hydrogens (primary N) is 1. The molecule has 0 aromatic carbocycles. The molecule has 0 unspecified atom stereocenters. The quantitative estimate of drug-likeness (QED) is 0.736. The minimum absolute atomic E-state index is 0.603. The highest BCUT2D eigenvalue weighted by Gasteiger charge is 2.26. The normalized spacial score (nSPS) is 13.1. The van der Waals surface area contributed by atoms with E-state index in [0.717, 1.165) is 0 Å². The molecular weight excluding hydrogens is 217 g/mol. The van der Waals surface area contributed by atoms with Gasteiger partial charge >= 0.3 is 12.3 Å². The molecule has 0 saturated carbocycles. The Morgan fingerprint density at radius 1 is 1.47 bits per heavy atom. The van der Waals surface area contributed by atoms with Gasteiger partial charge in [0.25, 0.3) is 5.91 Å². The molecule has 1 atom stereocenters. The summed E-state index contributed by atoms with van der Waals surface area (Å²) in [5.74, 6) is -0.874. The molecule has 88 valence electrons. The molecule has 0 spiro atoms. The molecule has 0 aliphatic heterocycles. The van der Waals surface area contributed by atoms with Crippen LogP contribution in [0.25, 0.3) is 0 Å². The number of amides is 2. The summed E-state index contributed by atoms with van der Waals surface area (Å²) in [5.41, 5.74) is 4.76. The Bertz CT molecular complexity index is 242. The van der Waals surface area contributed by atoms with E-state index in [-0.39, 0.29) is 0 Å². The van der Waals surface area contributed by atoms with E-state index in [0.29, 0.717) is 0 Å². The molecule has 0 saturated heterocycles. The van der Waals surface area contributed by atoms with Gasteiger partial charge in [-0.3, -0.25) is 4.79 Å². The molecule has 0 aromatic heterocycles. The Balaban J connectivity index is 3.72. The first kappa shape index (κ1) is 13.5. The largest absolute Gasteiger partial charge is 0.436 e. The predicted octanol–water partition coefficient (Wildman–Crippen LogP) is 0.539. The number of hydrogen-bond acceptors (Lipinski definition) is 3. The fraction of sp³-hybridized carbons (Fsp3) is 0.714. The number of alkyl halides is 3. The molecule has 0 radical (unpaired) electrons. The SMILES string of the molecule is C[C@H](OC(=O)NCCC(F)(F)F)C(N)=O. The van der Waals surface area contributed by atoms with E-state index in [1.807, 2.05) is 5.32 Å². The van der Waals surface area contributed by atoms with Crippen molar-refractivity contribution >= 4 is 12.0 Å². The highest BCUT2D eigenvalue weighted by atomic mass is 19.4. The number of halogens is 3. The molecule has 5 nitrogen and oxygen atoms in total. The van der Waals surface area contributed by atoms with Crippen LogP contribution in [0.3, 0.4) is 0 Å². The van der Waals surface area contributed by atoms with Crippen LogP contribution in [0.4, 0.5) is 18.0 Å². The predicted molar refractivity (Wildman–Crippen MR) is 43.8 cm³/mol. The molecule has 3 N–H and O–H groups in total. The molecule has 0 aliphatic rings. The van der Waals surface area contributed by atoms with Gasteiger partial charge in [0, 0.05) is 6.54 Å². The van der Waals surface area contributed by atoms with Crippen LogP contribution in [0.5, 0.6) is 0 Å². The lowest BCUT2D eigenvalue weighted by atomic mass is 10.4. The molecule has 0 aliphatic carbocycles. The highest BCUT2D eigenvalue weighted by Crippen LogP contribution is 2.18. The van der Waals surface area contributed by atoms with Crippen LogP contribution in [0.1, 0.15) is 13.3 Å². The third-order valence-electron chi connectivity index (χ3n) is 1.36. The monoisotopic (exact) mass is 228 g/mol. The van der Waals surface area contributed by atoms with Crippen molar-refractivity contribution in [3.8, 4) is 0 Å². The first-order valence-electron chi connectivity index (χ1n) is 4.03. The summed E-state index contributed by atoms with van der Waals surface area (Å²) >= 11 is 0. The third-order valence-corrected chi connectivity index (χ3v) is 1.36. The van der Waals surface area contributed by atoms with Crippen LogP contribution in [-0.2, 0) is 9.53 Å². The summed E-state index contributed by atoms with van der Waals surface area (Å²) < 4.78 is 39.2. The van der Waals surface area contributed by atoms with E-state index >= 15 is 0 Å². The number of hydrogen-bond donors (Lipinski definition) is 2. The molecular formula is C7H11F3N2O3. The van der Waals surface area contributed by atoms with Gasteiger partial charge in [-0.15, -0.1) is 0 Å². The van der Waals surface area contributed by atoms with Gasteiger partial charge in [0.1, 0.15) is 0 Å². The maximum absolute atomic E-state index is 11.6. The second kappa shape index (κ2) is 5.42. The molecule has 0 bridgehead atoms. The minimum Gasteiger partial charge on any atom is -0.436 e. The zero-order valence-corrected chi connectivity index (χ0v) is 7.93. The van der Waals surface area contributed by atoms with E-state index in [1.165, 1.54) is 6.92 Å². The second-order valence-corrected chi connectivity index (χ2v) is 2.74. The summed E-state index contributed by atoms with van der Waals surface area (Å²) in [6.07, 6.45) is -7.78. The van der Waals surface area contributed by atoms with Gasteiger partial charge in [-0.1, -0.05) is 0 Å². The summed E-state index contributed by atoms with van der Waals surface area (Å²) in [7, 11) is 0. The number of carbonyl (C=O) groups is 2. The number of nitrogens with one attached hydrogen (secondary N) is 1. The Morgan fingerprint density at radius 3 is 2.40 bits per heavy atom. The average Bonchev–Trinajstić information content (AvgIpc) is 2.01. The Labute approximate surface area is 83.8 Å². The Kier molecular flexibility index (Phi) is 4.89. The van der Waals surface area contributed by atoms with E-state index < -0.39 is 37.2 Å².